The summed E-state index contributed by atoms with van der Waals surface area (Å²) in [4.78, 5) is 26.0. The van der Waals surface area contributed by atoms with Crippen LogP contribution in [0.2, 0.25) is 0 Å². The standard InChI is InChI=1S/C30H48O5/c1-18-19(26(2,3)20-11-15-29(7,33)21(20)17-22(18)31)9-10-23-28(6)14-12-24(32)27(4,5)35-25(28)13-16-30(23,8)34/h19-21,23,25,33-34H,1,9-17H2,2-8H3/t19-,20+,21+,23+,25+,28+,29+,30-/m0/s1. The molecule has 1 heterocycles. The first kappa shape index (κ1) is 27.0. The lowest BCUT2D eigenvalue weighted by Gasteiger charge is -2.54. The predicted molar refractivity (Wildman–Crippen MR) is 137 cm³/mol. The van der Waals surface area contributed by atoms with E-state index in [1.54, 1.807) is 0 Å². The molecule has 1 aliphatic heterocycles. The summed E-state index contributed by atoms with van der Waals surface area (Å²) in [6, 6.07) is 0. The van der Waals surface area contributed by atoms with Gasteiger partial charge in [0, 0.05) is 12.8 Å². The summed E-state index contributed by atoms with van der Waals surface area (Å²) in [7, 11) is 0. The van der Waals surface area contributed by atoms with Crippen molar-refractivity contribution < 1.29 is 24.5 Å². The number of Topliss-reactive ketones (excluding diaryl/α,β-unsaturated/α-hetero) is 2. The number of aliphatic hydroxyl groups is 2. The Balaban J connectivity index is 1.63. The summed E-state index contributed by atoms with van der Waals surface area (Å²) in [6.07, 6.45) is 6.05. The summed E-state index contributed by atoms with van der Waals surface area (Å²) >= 11 is 0. The molecule has 3 saturated carbocycles. The number of carbonyl (C=O) groups excluding carboxylic acids is 2. The summed E-state index contributed by atoms with van der Waals surface area (Å²) in [5.41, 5.74) is -2.26. The molecule has 1 saturated heterocycles. The van der Waals surface area contributed by atoms with E-state index >= 15 is 0 Å². The predicted octanol–water partition coefficient (Wildman–Crippen LogP) is 5.41. The van der Waals surface area contributed by atoms with Crippen LogP contribution in [-0.4, -0.2) is 44.7 Å². The van der Waals surface area contributed by atoms with E-state index in [4.69, 9.17) is 4.74 Å². The number of carbonyl (C=O) groups is 2. The molecule has 0 unspecified atom stereocenters. The van der Waals surface area contributed by atoms with Crippen molar-refractivity contribution in [1.29, 1.82) is 0 Å². The number of ether oxygens (including phenoxy) is 1. The number of allylic oxidation sites excluding steroid dienone is 1. The minimum Gasteiger partial charge on any atom is -0.390 e. The molecular weight excluding hydrogens is 440 g/mol. The Morgan fingerprint density at radius 2 is 1.51 bits per heavy atom. The van der Waals surface area contributed by atoms with E-state index in [2.05, 4.69) is 27.4 Å². The average molecular weight is 489 g/mol. The van der Waals surface area contributed by atoms with Gasteiger partial charge in [0.1, 0.15) is 5.60 Å². The molecular formula is C30H48O5. The van der Waals surface area contributed by atoms with Crippen LogP contribution in [0.5, 0.6) is 0 Å². The van der Waals surface area contributed by atoms with E-state index in [1.165, 1.54) is 0 Å². The van der Waals surface area contributed by atoms with Gasteiger partial charge in [0.2, 0.25) is 0 Å². The maximum Gasteiger partial charge on any atom is 0.164 e. The Morgan fingerprint density at radius 1 is 0.886 bits per heavy atom. The fourth-order valence-electron chi connectivity index (χ4n) is 8.77. The largest absolute Gasteiger partial charge is 0.390 e. The molecule has 5 heteroatoms. The maximum atomic E-state index is 13.2. The lowest BCUT2D eigenvalue weighted by atomic mass is 9.55. The molecule has 198 valence electrons. The lowest BCUT2D eigenvalue weighted by Crippen LogP contribution is -2.56. The van der Waals surface area contributed by atoms with Crippen LogP contribution in [0.25, 0.3) is 0 Å². The fourth-order valence-corrected chi connectivity index (χ4v) is 8.77. The molecule has 0 aromatic carbocycles. The van der Waals surface area contributed by atoms with Gasteiger partial charge >= 0.3 is 0 Å². The number of fused-ring (bicyclic) bond motifs is 2. The molecule has 2 N–H and O–H groups in total. The van der Waals surface area contributed by atoms with Gasteiger partial charge in [0.05, 0.1) is 17.3 Å². The highest BCUT2D eigenvalue weighted by Gasteiger charge is 2.58. The molecule has 0 spiro atoms. The second-order valence-electron chi connectivity index (χ2n) is 14.2. The van der Waals surface area contributed by atoms with Crippen molar-refractivity contribution >= 4 is 11.6 Å². The van der Waals surface area contributed by atoms with Gasteiger partial charge in [-0.3, -0.25) is 9.59 Å². The van der Waals surface area contributed by atoms with Gasteiger partial charge in [0.15, 0.2) is 11.6 Å². The highest BCUT2D eigenvalue weighted by Crippen LogP contribution is 2.59. The minimum absolute atomic E-state index is 0.00319. The highest BCUT2D eigenvalue weighted by atomic mass is 16.5. The zero-order valence-electron chi connectivity index (χ0n) is 23.1. The Kier molecular flexibility index (Phi) is 6.55. The van der Waals surface area contributed by atoms with Gasteiger partial charge in [-0.2, -0.15) is 0 Å². The zero-order chi connectivity index (χ0) is 26.2. The molecule has 4 rings (SSSR count). The Hall–Kier alpha value is -1.04. The first-order valence-electron chi connectivity index (χ1n) is 13.8. The van der Waals surface area contributed by atoms with Crippen LogP contribution in [0, 0.1) is 34.5 Å². The van der Waals surface area contributed by atoms with Crippen molar-refractivity contribution in [3.8, 4) is 0 Å². The first-order chi connectivity index (χ1) is 15.9. The fraction of sp³-hybridized carbons (Fsp3) is 0.867. The molecule has 0 aromatic heterocycles. The van der Waals surface area contributed by atoms with Crippen molar-refractivity contribution in [1.82, 2.24) is 0 Å². The van der Waals surface area contributed by atoms with Crippen LogP contribution in [0.15, 0.2) is 12.2 Å². The molecule has 0 bridgehead atoms. The van der Waals surface area contributed by atoms with Gasteiger partial charge < -0.3 is 14.9 Å². The van der Waals surface area contributed by atoms with Crippen LogP contribution < -0.4 is 0 Å². The van der Waals surface area contributed by atoms with Crippen LogP contribution in [-0.2, 0) is 14.3 Å². The Bertz CT molecular complexity index is 896. The highest BCUT2D eigenvalue weighted by molar-refractivity contribution is 5.96. The SMILES string of the molecule is C=C1C(=O)C[C@@H]2[C@@H](CC[C@@]2(C)O)C(C)(C)[C@H]1CC[C@@H]1[C@@]2(C)CCC(=O)C(C)(C)O[C@@H]2CC[C@]1(C)O. The van der Waals surface area contributed by atoms with Gasteiger partial charge in [0.25, 0.3) is 0 Å². The summed E-state index contributed by atoms with van der Waals surface area (Å²) in [5, 5.41) is 22.7. The zero-order valence-corrected chi connectivity index (χ0v) is 23.1. The van der Waals surface area contributed by atoms with E-state index < -0.39 is 16.8 Å². The Morgan fingerprint density at radius 3 is 2.17 bits per heavy atom. The topological polar surface area (TPSA) is 83.8 Å². The molecule has 8 atom stereocenters. The third-order valence-electron chi connectivity index (χ3n) is 11.2. The normalized spacial score (nSPS) is 47.6. The van der Waals surface area contributed by atoms with Crippen LogP contribution in [0.3, 0.4) is 0 Å². The van der Waals surface area contributed by atoms with Crippen LogP contribution >= 0.6 is 0 Å². The van der Waals surface area contributed by atoms with Crippen LogP contribution in [0.1, 0.15) is 106 Å². The number of ketones is 2. The van der Waals surface area contributed by atoms with Gasteiger partial charge in [-0.25, -0.2) is 0 Å². The molecule has 5 nitrogen and oxygen atoms in total. The molecule has 35 heavy (non-hydrogen) atoms. The molecule has 0 aromatic rings. The number of rotatable bonds is 3. The minimum atomic E-state index is -0.855. The summed E-state index contributed by atoms with van der Waals surface area (Å²) in [6.45, 7) is 18.6. The molecule has 3 aliphatic carbocycles. The van der Waals surface area contributed by atoms with Crippen molar-refractivity contribution in [2.45, 2.75) is 129 Å². The quantitative estimate of drug-likeness (QED) is 0.519. The van der Waals surface area contributed by atoms with Gasteiger partial charge in [-0.05, 0) is 113 Å². The van der Waals surface area contributed by atoms with Gasteiger partial charge in [-0.15, -0.1) is 0 Å². The average Bonchev–Trinajstić information content (AvgIpc) is 2.96. The third-order valence-corrected chi connectivity index (χ3v) is 11.2. The molecule has 0 radical (unpaired) electrons. The van der Waals surface area contributed by atoms with Crippen molar-refractivity contribution in [2.75, 3.05) is 0 Å². The molecule has 4 fully saturated rings. The molecule has 4 aliphatic rings. The third kappa shape index (κ3) is 4.38. The summed E-state index contributed by atoms with van der Waals surface area (Å²) in [5.74, 6) is 0.413. The number of hydrogen-bond donors (Lipinski definition) is 2. The summed E-state index contributed by atoms with van der Waals surface area (Å²) < 4.78 is 6.45. The smallest absolute Gasteiger partial charge is 0.164 e. The lowest BCUT2D eigenvalue weighted by molar-refractivity contribution is -0.196. The Labute approximate surface area is 212 Å². The number of hydrogen-bond acceptors (Lipinski definition) is 5. The van der Waals surface area contributed by atoms with Crippen LogP contribution in [0.4, 0.5) is 0 Å². The van der Waals surface area contributed by atoms with E-state index in [0.717, 1.165) is 32.1 Å². The monoisotopic (exact) mass is 488 g/mol. The second-order valence-corrected chi connectivity index (χ2v) is 14.2. The van der Waals surface area contributed by atoms with Crippen molar-refractivity contribution in [2.24, 2.45) is 34.5 Å². The van der Waals surface area contributed by atoms with E-state index in [9.17, 15) is 19.8 Å². The van der Waals surface area contributed by atoms with Crippen molar-refractivity contribution in [3.63, 3.8) is 0 Å². The second kappa shape index (κ2) is 8.49. The van der Waals surface area contributed by atoms with E-state index in [0.29, 0.717) is 31.3 Å². The van der Waals surface area contributed by atoms with E-state index in [-0.39, 0.29) is 52.2 Å². The van der Waals surface area contributed by atoms with E-state index in [1.807, 2.05) is 27.7 Å². The molecule has 0 amide bonds. The van der Waals surface area contributed by atoms with Gasteiger partial charge in [-0.1, -0.05) is 27.4 Å². The van der Waals surface area contributed by atoms with Crippen molar-refractivity contribution in [3.05, 3.63) is 12.2 Å². The maximum absolute atomic E-state index is 13.2. The first-order valence-corrected chi connectivity index (χ1v) is 13.8.